The van der Waals surface area contributed by atoms with Crippen LogP contribution in [0, 0.1) is 29.6 Å². The lowest BCUT2D eigenvalue weighted by atomic mass is 9.84. The minimum absolute atomic E-state index is 0.0179. The summed E-state index contributed by atoms with van der Waals surface area (Å²) in [6.45, 7) is 10.7. The molecule has 0 saturated heterocycles. The highest BCUT2D eigenvalue weighted by molar-refractivity contribution is 5.97. The summed E-state index contributed by atoms with van der Waals surface area (Å²) in [6, 6.07) is 8.75. The Morgan fingerprint density at radius 1 is 0.611 bits per heavy atom. The van der Waals surface area contributed by atoms with Crippen LogP contribution in [0.5, 0.6) is 11.5 Å². The third-order valence-electron chi connectivity index (χ3n) is 9.84. The highest BCUT2D eigenvalue weighted by Gasteiger charge is 2.36. The number of aromatic hydroxyl groups is 2. The average molecular weight is 752 g/mol. The van der Waals surface area contributed by atoms with Crippen LogP contribution in [0.3, 0.4) is 0 Å². The maximum absolute atomic E-state index is 14.1. The van der Waals surface area contributed by atoms with Crippen LogP contribution in [0.2, 0.25) is 0 Å². The smallest absolute Gasteiger partial charge is 0.240 e. The predicted molar refractivity (Wildman–Crippen MR) is 202 cm³/mol. The fraction of sp³-hybridized carbons (Fsp3) is 0.525. The second kappa shape index (κ2) is 21.4. The normalized spacial score (nSPS) is 15.1. The Bertz CT molecular complexity index is 1610. The van der Waals surface area contributed by atoms with Crippen molar-refractivity contribution in [3.8, 4) is 11.5 Å². The average Bonchev–Trinajstić information content (AvgIpc) is 3.12. The van der Waals surface area contributed by atoms with E-state index in [1.54, 1.807) is 52.0 Å². The number of Topliss-reactive ketones (excluding diaryl/α,β-unsaturated/α-hetero) is 2. The molecular formula is C40H57N5O9. The fourth-order valence-electron chi connectivity index (χ4n) is 5.94. The molecule has 0 spiro atoms. The molecule has 0 fully saturated rings. The van der Waals surface area contributed by atoms with Crippen LogP contribution in [0.15, 0.2) is 48.5 Å². The lowest BCUT2D eigenvalue weighted by Gasteiger charge is -2.28. The van der Waals surface area contributed by atoms with Crippen LogP contribution in [-0.4, -0.2) is 69.4 Å². The lowest BCUT2D eigenvalue weighted by Crippen LogP contribution is -2.51. The number of carbonyl (C=O) groups is 7. The van der Waals surface area contributed by atoms with Crippen molar-refractivity contribution >= 4 is 41.1 Å². The first kappa shape index (κ1) is 44.9. The molecule has 14 heteroatoms. The van der Waals surface area contributed by atoms with E-state index in [0.717, 1.165) is 0 Å². The molecule has 0 radical (unpaired) electrons. The first-order chi connectivity index (χ1) is 25.4. The molecule has 296 valence electrons. The van der Waals surface area contributed by atoms with E-state index < -0.39 is 78.0 Å². The van der Waals surface area contributed by atoms with Crippen LogP contribution in [-0.2, 0) is 46.4 Å². The van der Waals surface area contributed by atoms with Gasteiger partial charge in [0.05, 0.1) is 18.0 Å². The third kappa shape index (κ3) is 14.3. The number of hydrogen-bond acceptors (Lipinski definition) is 9. The Morgan fingerprint density at radius 3 is 1.56 bits per heavy atom. The van der Waals surface area contributed by atoms with Crippen molar-refractivity contribution in [2.75, 3.05) is 0 Å². The summed E-state index contributed by atoms with van der Waals surface area (Å²) in [5.41, 5.74) is 12.3. The molecule has 2 rings (SSSR count). The second-order valence-electron chi connectivity index (χ2n) is 14.5. The van der Waals surface area contributed by atoms with E-state index in [2.05, 4.69) is 16.0 Å². The van der Waals surface area contributed by atoms with Crippen molar-refractivity contribution in [2.24, 2.45) is 41.1 Å². The van der Waals surface area contributed by atoms with E-state index in [1.165, 1.54) is 24.3 Å². The van der Waals surface area contributed by atoms with Gasteiger partial charge < -0.3 is 37.6 Å². The van der Waals surface area contributed by atoms with Crippen LogP contribution >= 0.6 is 0 Å². The molecule has 0 aliphatic rings. The minimum Gasteiger partial charge on any atom is -0.508 e. The Kier molecular flexibility index (Phi) is 17.8. The summed E-state index contributed by atoms with van der Waals surface area (Å²) < 4.78 is 0. The monoisotopic (exact) mass is 751 g/mol. The molecule has 7 atom stereocenters. The van der Waals surface area contributed by atoms with Gasteiger partial charge in [0.25, 0.3) is 0 Å². The van der Waals surface area contributed by atoms with Gasteiger partial charge in [0.2, 0.25) is 29.5 Å². The maximum Gasteiger partial charge on any atom is 0.240 e. The van der Waals surface area contributed by atoms with E-state index in [4.69, 9.17) is 11.5 Å². The molecule has 0 unspecified atom stereocenters. The van der Waals surface area contributed by atoms with E-state index in [9.17, 15) is 43.8 Å². The number of rotatable bonds is 23. The zero-order chi connectivity index (χ0) is 40.7. The van der Waals surface area contributed by atoms with Crippen molar-refractivity contribution < 1.29 is 43.8 Å². The summed E-state index contributed by atoms with van der Waals surface area (Å²) >= 11 is 0. The Balaban J connectivity index is 2.40. The summed E-state index contributed by atoms with van der Waals surface area (Å²) in [7, 11) is 0. The van der Waals surface area contributed by atoms with Gasteiger partial charge in [-0.2, -0.15) is 0 Å². The maximum atomic E-state index is 14.1. The highest BCUT2D eigenvalue weighted by Crippen LogP contribution is 2.23. The summed E-state index contributed by atoms with van der Waals surface area (Å²) in [6.07, 6.45) is -0.249. The topological polar surface area (TPSA) is 248 Å². The quantitative estimate of drug-likeness (QED) is 0.0881. The first-order valence-electron chi connectivity index (χ1n) is 18.5. The zero-order valence-electron chi connectivity index (χ0n) is 32.1. The number of hydrogen-bond donors (Lipinski definition) is 7. The molecule has 14 nitrogen and oxygen atoms in total. The van der Waals surface area contributed by atoms with Crippen molar-refractivity contribution in [3.63, 3.8) is 0 Å². The molecule has 0 saturated carbocycles. The number of nitrogens with two attached hydrogens (primary N) is 2. The Morgan fingerprint density at radius 2 is 1.11 bits per heavy atom. The number of benzene rings is 2. The number of phenolic OH excluding ortho intramolecular Hbond substituents is 2. The number of primary amides is 2. The molecule has 0 heterocycles. The van der Waals surface area contributed by atoms with Gasteiger partial charge in [-0.25, -0.2) is 0 Å². The minimum atomic E-state index is -1.27. The van der Waals surface area contributed by atoms with Crippen molar-refractivity contribution in [1.82, 2.24) is 16.0 Å². The van der Waals surface area contributed by atoms with Crippen molar-refractivity contribution in [3.05, 3.63) is 59.7 Å². The molecular weight excluding hydrogens is 694 g/mol. The van der Waals surface area contributed by atoms with Gasteiger partial charge in [-0.3, -0.25) is 33.6 Å². The summed E-state index contributed by atoms with van der Waals surface area (Å²) in [5, 5.41) is 27.6. The van der Waals surface area contributed by atoms with Gasteiger partial charge in [0.15, 0.2) is 11.6 Å². The fourth-order valence-corrected chi connectivity index (χ4v) is 5.94. The SMILES string of the molecule is CC[C@@H](C)C(=O)N[C@H](C(=O)C[C@@H](CC(N)=O)C(=O)N[C@@H](Cc1ccc(O)cc1)C(=O)C[C@H](C(=O)N[C@@H](Cc1ccc(O)cc1)C(N)=O)[C@@H](C)CC)C(C)C. The first-order valence-corrected chi connectivity index (χ1v) is 18.5. The van der Waals surface area contributed by atoms with Gasteiger partial charge >= 0.3 is 0 Å². The molecule has 0 bridgehead atoms. The van der Waals surface area contributed by atoms with Crippen LogP contribution < -0.4 is 27.4 Å². The third-order valence-corrected chi connectivity index (χ3v) is 9.84. The van der Waals surface area contributed by atoms with Gasteiger partial charge in [-0.1, -0.05) is 72.2 Å². The molecule has 2 aromatic carbocycles. The molecule has 0 aliphatic carbocycles. The largest absolute Gasteiger partial charge is 0.508 e. The zero-order valence-corrected chi connectivity index (χ0v) is 32.1. The van der Waals surface area contributed by atoms with E-state index in [1.807, 2.05) is 13.8 Å². The summed E-state index contributed by atoms with van der Waals surface area (Å²) in [4.78, 5) is 92.5. The Labute approximate surface area is 317 Å². The van der Waals surface area contributed by atoms with E-state index in [0.29, 0.717) is 24.0 Å². The number of amides is 5. The molecule has 5 amide bonds. The van der Waals surface area contributed by atoms with Gasteiger partial charge in [-0.15, -0.1) is 0 Å². The van der Waals surface area contributed by atoms with Crippen LogP contribution in [0.1, 0.15) is 84.8 Å². The number of nitrogens with one attached hydrogen (secondary N) is 3. The van der Waals surface area contributed by atoms with Crippen LogP contribution in [0.25, 0.3) is 0 Å². The molecule has 54 heavy (non-hydrogen) atoms. The summed E-state index contributed by atoms with van der Waals surface area (Å²) in [5.74, 6) is -7.57. The van der Waals surface area contributed by atoms with E-state index in [-0.39, 0.29) is 54.4 Å². The lowest BCUT2D eigenvalue weighted by molar-refractivity contribution is -0.137. The standard InChI is InChI=1S/C40H57N5O9/c1-7-23(5)30(40(54)44-32(37(42)51)18-26-11-15-29(47)16-12-26)21-33(48)31(17-25-9-13-28(46)14-10-25)43-39(53)27(20-35(41)50)19-34(49)36(22(3)4)45-38(52)24(6)8-2/h9-16,22-24,27,30-32,36,46-47H,7-8,17-21H2,1-6H3,(H2,41,50)(H2,42,51)(H,43,53)(H,44,54)(H,45,52)/t23-,24+,27-,30-,31-,32-,36-/m0/s1. The van der Waals surface area contributed by atoms with Crippen molar-refractivity contribution in [2.45, 2.75) is 105 Å². The second-order valence-corrected chi connectivity index (χ2v) is 14.5. The highest BCUT2D eigenvalue weighted by atomic mass is 16.3. The molecule has 9 N–H and O–H groups in total. The van der Waals surface area contributed by atoms with Gasteiger partial charge in [-0.05, 0) is 60.1 Å². The Hall–Kier alpha value is -5.27. The number of phenols is 2. The predicted octanol–water partition coefficient (Wildman–Crippen LogP) is 2.60. The van der Waals surface area contributed by atoms with Gasteiger partial charge in [0.1, 0.15) is 17.5 Å². The molecule has 0 aliphatic heterocycles. The van der Waals surface area contributed by atoms with E-state index >= 15 is 0 Å². The number of ketones is 2. The number of carbonyl (C=O) groups excluding carboxylic acids is 7. The van der Waals surface area contributed by atoms with Crippen LogP contribution in [0.4, 0.5) is 0 Å². The molecule has 0 aromatic heterocycles. The molecule has 2 aromatic rings. The van der Waals surface area contributed by atoms with Crippen molar-refractivity contribution in [1.29, 1.82) is 0 Å². The van der Waals surface area contributed by atoms with Gasteiger partial charge in [0, 0.05) is 37.5 Å².